The fourth-order valence-electron chi connectivity index (χ4n) is 4.14. The SMILES string of the molecule is C=C(C)C(=C)C.CC1CCCC1.CCCc1ccc(C)c(C(C)CC(C)CCC)c1. The predicted octanol–water partition coefficient (Wildman–Crippen LogP) is 10.2. The Labute approximate surface area is 190 Å². The fourth-order valence-corrected chi connectivity index (χ4v) is 4.14. The Morgan fingerprint density at radius 3 is 1.97 bits per heavy atom. The number of hydrogen-bond donors (Lipinski definition) is 0. The molecule has 0 aromatic heterocycles. The second-order valence-corrected chi connectivity index (χ2v) is 9.92. The van der Waals surface area contributed by atoms with Crippen molar-refractivity contribution in [2.75, 3.05) is 0 Å². The molecule has 0 amide bonds. The van der Waals surface area contributed by atoms with Crippen LogP contribution >= 0.6 is 0 Å². The molecule has 1 fully saturated rings. The van der Waals surface area contributed by atoms with Gasteiger partial charge in [-0.2, -0.15) is 0 Å². The predicted molar refractivity (Wildman–Crippen MR) is 140 cm³/mol. The summed E-state index contributed by atoms with van der Waals surface area (Å²) in [6.45, 7) is 25.1. The molecule has 0 nitrogen and oxygen atoms in total. The lowest BCUT2D eigenvalue weighted by atomic mass is 9.86. The van der Waals surface area contributed by atoms with Gasteiger partial charge in [-0.25, -0.2) is 0 Å². The molecule has 0 aliphatic heterocycles. The minimum Gasteiger partial charge on any atom is -0.0959 e. The van der Waals surface area contributed by atoms with Gasteiger partial charge in [0.1, 0.15) is 0 Å². The maximum absolute atomic E-state index is 3.66. The van der Waals surface area contributed by atoms with Crippen LogP contribution in [0.2, 0.25) is 0 Å². The molecule has 1 saturated carbocycles. The Bertz CT molecular complexity index is 588. The largest absolute Gasteiger partial charge is 0.0959 e. The van der Waals surface area contributed by atoms with Gasteiger partial charge in [0.05, 0.1) is 0 Å². The molecular formula is C30H52. The third kappa shape index (κ3) is 13.1. The summed E-state index contributed by atoms with van der Waals surface area (Å²) in [5.41, 5.74) is 6.67. The first-order valence-corrected chi connectivity index (χ1v) is 12.5. The van der Waals surface area contributed by atoms with Gasteiger partial charge >= 0.3 is 0 Å². The molecule has 2 atom stereocenters. The Morgan fingerprint density at radius 2 is 1.57 bits per heavy atom. The van der Waals surface area contributed by atoms with E-state index in [1.165, 1.54) is 68.9 Å². The highest BCUT2D eigenvalue weighted by Gasteiger charge is 2.13. The molecule has 2 unspecified atom stereocenters. The van der Waals surface area contributed by atoms with E-state index in [2.05, 4.69) is 72.9 Å². The van der Waals surface area contributed by atoms with Gasteiger partial charge in [0.2, 0.25) is 0 Å². The topological polar surface area (TPSA) is 0 Å². The van der Waals surface area contributed by atoms with Crippen molar-refractivity contribution in [3.05, 3.63) is 59.2 Å². The first-order chi connectivity index (χ1) is 14.1. The van der Waals surface area contributed by atoms with E-state index in [4.69, 9.17) is 0 Å². The van der Waals surface area contributed by atoms with Gasteiger partial charge in [0, 0.05) is 0 Å². The van der Waals surface area contributed by atoms with Gasteiger partial charge in [-0.1, -0.05) is 122 Å². The molecule has 30 heavy (non-hydrogen) atoms. The van der Waals surface area contributed by atoms with Gasteiger partial charge < -0.3 is 0 Å². The number of rotatable bonds is 8. The van der Waals surface area contributed by atoms with E-state index >= 15 is 0 Å². The maximum Gasteiger partial charge on any atom is -0.0185 e. The van der Waals surface area contributed by atoms with Crippen LogP contribution < -0.4 is 0 Å². The second kappa shape index (κ2) is 16.4. The zero-order valence-electron chi connectivity index (χ0n) is 21.7. The van der Waals surface area contributed by atoms with Crippen LogP contribution in [0.1, 0.15) is 122 Å². The van der Waals surface area contributed by atoms with E-state index in [9.17, 15) is 0 Å². The van der Waals surface area contributed by atoms with Gasteiger partial charge in [-0.15, -0.1) is 0 Å². The van der Waals surface area contributed by atoms with Crippen molar-refractivity contribution >= 4 is 0 Å². The minimum atomic E-state index is 0.698. The molecule has 0 saturated heterocycles. The van der Waals surface area contributed by atoms with Crippen LogP contribution in [0.4, 0.5) is 0 Å². The molecule has 1 aromatic rings. The van der Waals surface area contributed by atoms with Gasteiger partial charge in [-0.05, 0) is 68.1 Å². The van der Waals surface area contributed by atoms with Crippen molar-refractivity contribution in [2.24, 2.45) is 11.8 Å². The molecule has 0 heterocycles. The van der Waals surface area contributed by atoms with Crippen LogP contribution in [0.3, 0.4) is 0 Å². The first kappa shape index (κ1) is 28.7. The molecule has 2 rings (SSSR count). The lowest BCUT2D eigenvalue weighted by Gasteiger charge is -2.20. The third-order valence-electron chi connectivity index (χ3n) is 6.32. The summed E-state index contributed by atoms with van der Waals surface area (Å²) in [6, 6.07) is 7.05. The van der Waals surface area contributed by atoms with E-state index in [1.54, 1.807) is 5.56 Å². The lowest BCUT2D eigenvalue weighted by molar-refractivity contribution is 0.448. The van der Waals surface area contributed by atoms with Gasteiger partial charge in [-0.3, -0.25) is 0 Å². The molecule has 0 radical (unpaired) electrons. The number of hydrogen-bond acceptors (Lipinski definition) is 0. The summed E-state index contributed by atoms with van der Waals surface area (Å²) < 4.78 is 0. The maximum atomic E-state index is 3.66. The van der Waals surface area contributed by atoms with Gasteiger partial charge in [0.15, 0.2) is 0 Å². The van der Waals surface area contributed by atoms with Crippen molar-refractivity contribution in [3.8, 4) is 0 Å². The zero-order valence-corrected chi connectivity index (χ0v) is 21.7. The highest BCUT2D eigenvalue weighted by Crippen LogP contribution is 2.29. The molecule has 0 spiro atoms. The number of benzene rings is 1. The molecule has 1 aliphatic carbocycles. The Kier molecular flexibility index (Phi) is 15.7. The molecule has 0 heteroatoms. The van der Waals surface area contributed by atoms with Crippen LogP contribution in [0.15, 0.2) is 42.5 Å². The van der Waals surface area contributed by atoms with Gasteiger partial charge in [0.25, 0.3) is 0 Å². The summed E-state index contributed by atoms with van der Waals surface area (Å²) in [4.78, 5) is 0. The van der Waals surface area contributed by atoms with Crippen molar-refractivity contribution in [1.29, 1.82) is 0 Å². The lowest BCUT2D eigenvalue weighted by Crippen LogP contribution is -2.04. The highest BCUT2D eigenvalue weighted by atomic mass is 14.2. The minimum absolute atomic E-state index is 0.698. The monoisotopic (exact) mass is 412 g/mol. The van der Waals surface area contributed by atoms with Crippen LogP contribution in [0.5, 0.6) is 0 Å². The Hall–Kier alpha value is -1.30. The second-order valence-electron chi connectivity index (χ2n) is 9.92. The summed E-state index contributed by atoms with van der Waals surface area (Å²) in [5.74, 6) is 2.59. The summed E-state index contributed by atoms with van der Waals surface area (Å²) in [6.07, 6.45) is 12.4. The fraction of sp³-hybridized carbons (Fsp3) is 0.667. The summed E-state index contributed by atoms with van der Waals surface area (Å²) in [5, 5.41) is 0. The van der Waals surface area contributed by atoms with Crippen molar-refractivity contribution in [2.45, 2.75) is 119 Å². The van der Waals surface area contributed by atoms with Crippen LogP contribution in [-0.2, 0) is 6.42 Å². The van der Waals surface area contributed by atoms with Crippen molar-refractivity contribution in [1.82, 2.24) is 0 Å². The molecule has 172 valence electrons. The number of allylic oxidation sites excluding steroid dienone is 2. The molecule has 1 aliphatic rings. The average molecular weight is 413 g/mol. The van der Waals surface area contributed by atoms with Crippen LogP contribution in [-0.4, -0.2) is 0 Å². The average Bonchev–Trinajstić information content (AvgIpc) is 3.15. The molecule has 0 bridgehead atoms. The summed E-state index contributed by atoms with van der Waals surface area (Å²) in [7, 11) is 0. The Morgan fingerprint density at radius 1 is 1.00 bits per heavy atom. The molecular weight excluding hydrogens is 360 g/mol. The molecule has 0 N–H and O–H groups in total. The quantitative estimate of drug-likeness (QED) is 0.372. The van der Waals surface area contributed by atoms with E-state index in [1.807, 2.05) is 13.8 Å². The zero-order chi connectivity index (χ0) is 23.1. The summed E-state index contributed by atoms with van der Waals surface area (Å²) >= 11 is 0. The molecule has 1 aromatic carbocycles. The van der Waals surface area contributed by atoms with Crippen molar-refractivity contribution < 1.29 is 0 Å². The highest BCUT2D eigenvalue weighted by molar-refractivity contribution is 5.33. The Balaban J connectivity index is 0.000000568. The third-order valence-corrected chi connectivity index (χ3v) is 6.32. The van der Waals surface area contributed by atoms with E-state index in [0.29, 0.717) is 5.92 Å². The number of aryl methyl sites for hydroxylation is 2. The normalized spacial score (nSPS) is 15.3. The first-order valence-electron chi connectivity index (χ1n) is 12.5. The van der Waals surface area contributed by atoms with E-state index < -0.39 is 0 Å². The van der Waals surface area contributed by atoms with E-state index in [0.717, 1.165) is 23.0 Å². The van der Waals surface area contributed by atoms with Crippen LogP contribution in [0, 0.1) is 18.8 Å². The standard InChI is InChI=1S/C18H30.C6H12.C6H10/c1-6-8-14(3)12-16(5)18-13-17(9-7-2)11-10-15(18)4;1-6-4-2-3-5-6;1-5(2)6(3)4/h10-11,13-14,16H,6-9,12H2,1-5H3;6H,2-5H2,1H3;1,3H2,2,4H3. The van der Waals surface area contributed by atoms with Crippen molar-refractivity contribution in [3.63, 3.8) is 0 Å². The van der Waals surface area contributed by atoms with E-state index in [-0.39, 0.29) is 0 Å². The smallest absolute Gasteiger partial charge is 0.0185 e. The van der Waals surface area contributed by atoms with Crippen LogP contribution in [0.25, 0.3) is 0 Å².